The molecule has 7 heteroatoms. The summed E-state index contributed by atoms with van der Waals surface area (Å²) in [7, 11) is 5.67. The number of hydrogen-bond acceptors (Lipinski definition) is 3. The Morgan fingerprint density at radius 1 is 1.29 bits per heavy atom. The van der Waals surface area contributed by atoms with Crippen molar-refractivity contribution in [1.82, 2.24) is 20.4 Å². The molecule has 1 aromatic carbocycles. The summed E-state index contributed by atoms with van der Waals surface area (Å²) < 4.78 is 13.9. The van der Waals surface area contributed by atoms with Crippen LogP contribution >= 0.6 is 24.0 Å². The van der Waals surface area contributed by atoms with Gasteiger partial charge in [0.1, 0.15) is 5.82 Å². The fourth-order valence-corrected chi connectivity index (χ4v) is 3.59. The number of rotatable bonds is 8. The Morgan fingerprint density at radius 2 is 2.07 bits per heavy atom. The lowest BCUT2D eigenvalue weighted by Gasteiger charge is -2.33. The molecule has 0 amide bonds. The van der Waals surface area contributed by atoms with E-state index in [0.29, 0.717) is 19.1 Å². The monoisotopic (exact) mass is 505 g/mol. The third-order valence-electron chi connectivity index (χ3n) is 5.14. The van der Waals surface area contributed by atoms with Gasteiger partial charge < -0.3 is 20.4 Å². The van der Waals surface area contributed by atoms with Gasteiger partial charge in [-0.15, -0.1) is 24.0 Å². The average Bonchev–Trinajstić information content (AvgIpc) is 2.64. The average molecular weight is 505 g/mol. The molecule has 0 bridgehead atoms. The molecule has 1 aliphatic rings. The van der Waals surface area contributed by atoms with Crippen LogP contribution in [0.1, 0.15) is 43.7 Å². The summed E-state index contributed by atoms with van der Waals surface area (Å²) in [6.07, 6.45) is 5.12. The first-order chi connectivity index (χ1) is 13.0. The van der Waals surface area contributed by atoms with Crippen molar-refractivity contribution in [3.05, 3.63) is 35.1 Å². The quantitative estimate of drug-likeness (QED) is 0.246. The molecular formula is C21H37FIN5. The van der Waals surface area contributed by atoms with Gasteiger partial charge in [0.25, 0.3) is 0 Å². The Bertz CT molecular complexity index is 608. The van der Waals surface area contributed by atoms with Crippen LogP contribution in [0.15, 0.2) is 23.2 Å². The fourth-order valence-electron chi connectivity index (χ4n) is 3.59. The summed E-state index contributed by atoms with van der Waals surface area (Å²) in [5.74, 6) is 0.641. The number of guanidine groups is 1. The van der Waals surface area contributed by atoms with Gasteiger partial charge in [-0.2, -0.15) is 0 Å². The van der Waals surface area contributed by atoms with Crippen molar-refractivity contribution in [3.63, 3.8) is 0 Å². The molecule has 1 aliphatic heterocycles. The van der Waals surface area contributed by atoms with Crippen LogP contribution in [0.25, 0.3) is 0 Å². The smallest absolute Gasteiger partial charge is 0.191 e. The maximum absolute atomic E-state index is 13.9. The normalized spacial score (nSPS) is 18.1. The molecule has 1 unspecified atom stereocenters. The second-order valence-corrected chi connectivity index (χ2v) is 7.75. The molecule has 1 atom stereocenters. The van der Waals surface area contributed by atoms with Crippen LogP contribution in [-0.2, 0) is 13.1 Å². The maximum Gasteiger partial charge on any atom is 0.191 e. The van der Waals surface area contributed by atoms with Crippen LogP contribution in [0, 0.1) is 5.82 Å². The molecule has 0 saturated carbocycles. The topological polar surface area (TPSA) is 42.9 Å². The lowest BCUT2D eigenvalue weighted by molar-refractivity contribution is 0.159. The van der Waals surface area contributed by atoms with Gasteiger partial charge in [0.15, 0.2) is 5.96 Å². The van der Waals surface area contributed by atoms with Crippen molar-refractivity contribution in [2.45, 2.75) is 51.7 Å². The van der Waals surface area contributed by atoms with Crippen molar-refractivity contribution in [3.8, 4) is 0 Å². The molecule has 5 nitrogen and oxygen atoms in total. The Morgan fingerprint density at radius 3 is 2.75 bits per heavy atom. The van der Waals surface area contributed by atoms with E-state index in [4.69, 9.17) is 0 Å². The van der Waals surface area contributed by atoms with Crippen LogP contribution in [0.5, 0.6) is 0 Å². The van der Waals surface area contributed by atoms with Gasteiger partial charge in [0, 0.05) is 44.8 Å². The fraction of sp³-hybridized carbons (Fsp3) is 0.667. The lowest BCUT2D eigenvalue weighted by Crippen LogP contribution is -2.41. The minimum absolute atomic E-state index is 0. The highest BCUT2D eigenvalue weighted by Gasteiger charge is 2.17. The Kier molecular flexibility index (Phi) is 11.9. The predicted molar refractivity (Wildman–Crippen MR) is 127 cm³/mol. The van der Waals surface area contributed by atoms with Crippen molar-refractivity contribution < 1.29 is 4.39 Å². The van der Waals surface area contributed by atoms with Crippen molar-refractivity contribution in [1.29, 1.82) is 0 Å². The molecule has 1 aromatic rings. The van der Waals surface area contributed by atoms with Gasteiger partial charge in [-0.25, -0.2) is 4.39 Å². The third kappa shape index (κ3) is 8.61. The van der Waals surface area contributed by atoms with E-state index in [1.165, 1.54) is 25.8 Å². The number of likely N-dealkylation sites (tertiary alicyclic amines) is 1. The number of piperidine rings is 1. The molecule has 0 radical (unpaired) electrons. The first-order valence-electron chi connectivity index (χ1n) is 10.1. The highest BCUT2D eigenvalue weighted by atomic mass is 127. The standard InChI is InChI=1S/C21H36FN5.HI/c1-17-8-5-6-12-27(17)13-7-11-24-21(23-2)25-15-18-9-10-20(22)19(14-18)16-26(3)4;/h9-10,14,17H,5-8,11-13,15-16H2,1-4H3,(H2,23,24,25);1H. The molecule has 1 heterocycles. The molecule has 0 aromatic heterocycles. The molecule has 0 aliphatic carbocycles. The predicted octanol–water partition coefficient (Wildman–Crippen LogP) is 3.43. The largest absolute Gasteiger partial charge is 0.356 e. The summed E-state index contributed by atoms with van der Waals surface area (Å²) in [6, 6.07) is 6.01. The minimum atomic E-state index is -0.151. The SMILES string of the molecule is CN=C(NCCCN1CCCCC1C)NCc1ccc(F)c(CN(C)C)c1.I. The van der Waals surface area contributed by atoms with Gasteiger partial charge in [0.05, 0.1) is 0 Å². The van der Waals surface area contributed by atoms with E-state index in [1.807, 2.05) is 31.1 Å². The van der Waals surface area contributed by atoms with E-state index in [9.17, 15) is 4.39 Å². The zero-order valence-electron chi connectivity index (χ0n) is 17.8. The molecule has 2 rings (SSSR count). The van der Waals surface area contributed by atoms with Crippen LogP contribution in [-0.4, -0.2) is 62.6 Å². The second-order valence-electron chi connectivity index (χ2n) is 7.75. The molecule has 28 heavy (non-hydrogen) atoms. The summed E-state index contributed by atoms with van der Waals surface area (Å²) in [5.41, 5.74) is 1.77. The summed E-state index contributed by atoms with van der Waals surface area (Å²) in [6.45, 7) is 6.83. The van der Waals surface area contributed by atoms with Crippen LogP contribution in [0.4, 0.5) is 4.39 Å². The van der Waals surface area contributed by atoms with Crippen molar-refractivity contribution >= 4 is 29.9 Å². The molecule has 160 valence electrons. The second kappa shape index (κ2) is 13.3. The van der Waals surface area contributed by atoms with Gasteiger partial charge in [0.2, 0.25) is 0 Å². The van der Waals surface area contributed by atoms with Gasteiger partial charge in [-0.05, 0) is 64.5 Å². The number of benzene rings is 1. The van der Waals surface area contributed by atoms with E-state index >= 15 is 0 Å². The summed E-state index contributed by atoms with van der Waals surface area (Å²) in [4.78, 5) is 8.85. The van der Waals surface area contributed by atoms with Crippen LogP contribution in [0.3, 0.4) is 0 Å². The van der Waals surface area contributed by atoms with E-state index in [-0.39, 0.29) is 29.8 Å². The lowest BCUT2D eigenvalue weighted by atomic mass is 10.0. The highest BCUT2D eigenvalue weighted by molar-refractivity contribution is 14.0. The number of hydrogen-bond donors (Lipinski definition) is 2. The Balaban J connectivity index is 0.00000392. The molecule has 1 fully saturated rings. The highest BCUT2D eigenvalue weighted by Crippen LogP contribution is 2.16. The van der Waals surface area contributed by atoms with Crippen LogP contribution in [0.2, 0.25) is 0 Å². The number of halogens is 2. The molecule has 2 N–H and O–H groups in total. The maximum atomic E-state index is 13.9. The van der Waals surface area contributed by atoms with Crippen LogP contribution < -0.4 is 10.6 Å². The third-order valence-corrected chi connectivity index (χ3v) is 5.14. The first-order valence-corrected chi connectivity index (χ1v) is 10.1. The van der Waals surface area contributed by atoms with E-state index < -0.39 is 0 Å². The number of nitrogens with one attached hydrogen (secondary N) is 2. The Hall–Kier alpha value is -0.930. The number of nitrogens with zero attached hydrogens (tertiary/aromatic N) is 3. The summed E-state index contributed by atoms with van der Waals surface area (Å²) >= 11 is 0. The molecule has 0 spiro atoms. The summed E-state index contributed by atoms with van der Waals surface area (Å²) in [5, 5.41) is 6.70. The molecule has 1 saturated heterocycles. The van der Waals surface area contributed by atoms with E-state index in [0.717, 1.165) is 36.6 Å². The van der Waals surface area contributed by atoms with E-state index in [1.54, 1.807) is 13.1 Å². The zero-order chi connectivity index (χ0) is 19.6. The first kappa shape index (κ1) is 25.1. The zero-order valence-corrected chi connectivity index (χ0v) is 20.1. The molecular weight excluding hydrogens is 468 g/mol. The van der Waals surface area contributed by atoms with Gasteiger partial charge in [-0.3, -0.25) is 4.99 Å². The van der Waals surface area contributed by atoms with E-state index in [2.05, 4.69) is 27.4 Å². The Labute approximate surface area is 187 Å². The van der Waals surface area contributed by atoms with Crippen molar-refractivity contribution in [2.75, 3.05) is 40.8 Å². The number of aliphatic imine (C=N–C) groups is 1. The van der Waals surface area contributed by atoms with Gasteiger partial charge >= 0.3 is 0 Å². The van der Waals surface area contributed by atoms with Crippen molar-refractivity contribution in [2.24, 2.45) is 4.99 Å². The minimum Gasteiger partial charge on any atom is -0.356 e. The van der Waals surface area contributed by atoms with Gasteiger partial charge in [-0.1, -0.05) is 12.5 Å².